The SMILES string of the molecule is CN1C=CC(c2cc(-c3cncc(C4=CC5C(C=C4)C4(c6ccccc6)c6ccccc6C5(c5ccccc5)C5C=CC=CC54)c3)cc(-c3nc(-c4ccccc4)nc(-c4ccccc4)n3)c2)=CC1. The predicted octanol–water partition coefficient (Wildman–Crippen LogP) is 13.6. The summed E-state index contributed by atoms with van der Waals surface area (Å²) in [5.41, 5.74) is 14.4. The normalized spacial score (nSPS) is 23.7. The Morgan fingerprint density at radius 2 is 0.913 bits per heavy atom. The lowest BCUT2D eigenvalue weighted by Crippen LogP contribution is -2.67. The number of hydrogen-bond donors (Lipinski definition) is 0. The maximum Gasteiger partial charge on any atom is 0.164 e. The predicted molar refractivity (Wildman–Crippen MR) is 279 cm³/mol. The minimum absolute atomic E-state index is 0.149. The highest BCUT2D eigenvalue weighted by Gasteiger charge is 2.70. The van der Waals surface area contributed by atoms with Crippen molar-refractivity contribution in [2.75, 3.05) is 13.6 Å². The fourth-order valence-electron chi connectivity index (χ4n) is 12.7. The fraction of sp³-hybridized carbons (Fsp3) is 0.125. The van der Waals surface area contributed by atoms with Crippen molar-refractivity contribution in [2.45, 2.75) is 10.8 Å². The van der Waals surface area contributed by atoms with Crippen LogP contribution < -0.4 is 0 Å². The number of benzene rings is 6. The molecular weight excluding hydrogens is 839 g/mol. The molecule has 0 spiro atoms. The second-order valence-corrected chi connectivity index (χ2v) is 19.1. The first-order valence-corrected chi connectivity index (χ1v) is 24.1. The average molecular weight is 888 g/mol. The van der Waals surface area contributed by atoms with Crippen molar-refractivity contribution in [1.82, 2.24) is 24.8 Å². The van der Waals surface area contributed by atoms with Crippen LogP contribution in [-0.4, -0.2) is 38.4 Å². The van der Waals surface area contributed by atoms with Gasteiger partial charge in [0.2, 0.25) is 0 Å². The lowest BCUT2D eigenvalue weighted by atomic mass is 9.33. The van der Waals surface area contributed by atoms with Crippen molar-refractivity contribution in [1.29, 1.82) is 0 Å². The maximum absolute atomic E-state index is 5.17. The molecule has 6 aliphatic rings. The van der Waals surface area contributed by atoms with E-state index < -0.39 is 0 Å². The minimum Gasteiger partial charge on any atom is -0.377 e. The van der Waals surface area contributed by atoms with E-state index in [1.165, 1.54) is 27.8 Å². The van der Waals surface area contributed by atoms with Gasteiger partial charge in [-0.2, -0.15) is 0 Å². The Balaban J connectivity index is 0.978. The van der Waals surface area contributed by atoms with Gasteiger partial charge in [0.15, 0.2) is 17.5 Å². The molecule has 5 nitrogen and oxygen atoms in total. The van der Waals surface area contributed by atoms with Crippen molar-refractivity contribution < 1.29 is 0 Å². The quantitative estimate of drug-likeness (QED) is 0.152. The van der Waals surface area contributed by atoms with Crippen molar-refractivity contribution in [2.24, 2.45) is 23.7 Å². The van der Waals surface area contributed by atoms with Crippen LogP contribution in [0.2, 0.25) is 0 Å². The average Bonchev–Trinajstić information content (AvgIpc) is 3.43. The summed E-state index contributed by atoms with van der Waals surface area (Å²) < 4.78 is 0. The Kier molecular flexibility index (Phi) is 9.79. The summed E-state index contributed by atoms with van der Waals surface area (Å²) in [5, 5.41) is 0. The Hall–Kier alpha value is -8.28. The molecule has 5 heteroatoms. The third kappa shape index (κ3) is 6.52. The lowest BCUT2D eigenvalue weighted by Gasteiger charge is -2.69. The van der Waals surface area contributed by atoms with Gasteiger partial charge < -0.3 is 4.90 Å². The number of hydrogen-bond acceptors (Lipinski definition) is 5. The number of rotatable bonds is 8. The molecule has 6 aromatic carbocycles. The summed E-state index contributed by atoms with van der Waals surface area (Å²) in [5.74, 6) is 2.73. The molecule has 1 fully saturated rings. The molecule has 6 unspecified atom stereocenters. The minimum atomic E-state index is -0.313. The Labute approximate surface area is 404 Å². The number of likely N-dealkylation sites (N-methyl/N-ethyl adjacent to an activating group) is 1. The van der Waals surface area contributed by atoms with Crippen LogP contribution in [0, 0.1) is 23.7 Å². The fourth-order valence-corrected chi connectivity index (χ4v) is 12.7. The van der Waals surface area contributed by atoms with Gasteiger partial charge in [0.1, 0.15) is 0 Å². The van der Waals surface area contributed by atoms with E-state index in [0.29, 0.717) is 17.5 Å². The van der Waals surface area contributed by atoms with Crippen LogP contribution in [0.25, 0.3) is 56.4 Å². The van der Waals surface area contributed by atoms with E-state index in [0.717, 1.165) is 51.1 Å². The van der Waals surface area contributed by atoms with E-state index in [9.17, 15) is 0 Å². The molecule has 3 heterocycles. The number of nitrogens with zero attached hydrogens (tertiary/aromatic N) is 5. The Morgan fingerprint density at radius 3 is 1.49 bits per heavy atom. The molecular formula is C64H49N5. The van der Waals surface area contributed by atoms with E-state index in [4.69, 9.17) is 19.9 Å². The first-order chi connectivity index (χ1) is 34.1. The first-order valence-electron chi connectivity index (χ1n) is 24.1. The third-order valence-corrected chi connectivity index (χ3v) is 15.5. The molecule has 0 saturated heterocycles. The molecule has 2 bridgehead atoms. The molecule has 1 aliphatic heterocycles. The lowest BCUT2D eigenvalue weighted by molar-refractivity contribution is 0.0281. The summed E-state index contributed by atoms with van der Waals surface area (Å²) in [6.07, 6.45) is 27.8. The summed E-state index contributed by atoms with van der Waals surface area (Å²) in [6.45, 7) is 0.821. The number of allylic oxidation sites excluding steroid dienone is 10. The smallest absolute Gasteiger partial charge is 0.164 e. The van der Waals surface area contributed by atoms with Crippen molar-refractivity contribution in [3.63, 3.8) is 0 Å². The zero-order chi connectivity index (χ0) is 45.9. The maximum atomic E-state index is 5.17. The molecule has 0 N–H and O–H groups in total. The molecule has 0 radical (unpaired) electrons. The molecule has 69 heavy (non-hydrogen) atoms. The van der Waals surface area contributed by atoms with Crippen LogP contribution in [0.15, 0.2) is 243 Å². The highest BCUT2D eigenvalue weighted by molar-refractivity contribution is 5.85. The third-order valence-electron chi connectivity index (χ3n) is 15.5. The summed E-state index contributed by atoms with van der Waals surface area (Å²) in [6, 6.07) is 61.5. The van der Waals surface area contributed by atoms with Gasteiger partial charge in [-0.25, -0.2) is 15.0 Å². The van der Waals surface area contributed by atoms with Crippen LogP contribution in [0.5, 0.6) is 0 Å². The summed E-state index contributed by atoms with van der Waals surface area (Å²) in [7, 11) is 2.10. The zero-order valence-electron chi connectivity index (χ0n) is 38.3. The van der Waals surface area contributed by atoms with Crippen LogP contribution in [0.4, 0.5) is 0 Å². The van der Waals surface area contributed by atoms with Crippen molar-refractivity contribution >= 4 is 11.1 Å². The van der Waals surface area contributed by atoms with Crippen LogP contribution in [0.1, 0.15) is 33.4 Å². The first kappa shape index (κ1) is 41.0. The summed E-state index contributed by atoms with van der Waals surface area (Å²) >= 11 is 0. The van der Waals surface area contributed by atoms with E-state index in [2.05, 4.69) is 206 Å². The van der Waals surface area contributed by atoms with Gasteiger partial charge in [0.25, 0.3) is 0 Å². The van der Waals surface area contributed by atoms with E-state index in [1.807, 2.05) is 48.8 Å². The van der Waals surface area contributed by atoms with E-state index >= 15 is 0 Å². The standard InChI is InChI=1S/C64H49N5/c1-69-34-32-43(33-35-69)47-36-48(38-49(37-47)62-67-60(44-18-6-2-7-19-44)66-61(68-62)45-20-8-3-9-21-45)51-39-50(41-65-42-51)46-30-31-58-59(40-46)64(53-24-12-5-13-25-53)56-28-16-14-26-54(56)63(58,52-22-10-4-11-23-52)55-27-15-17-29-57(55)64/h2-34,36-42,54,56,58-59H,35H2,1H3. The van der Waals surface area contributed by atoms with E-state index in [-0.39, 0.29) is 34.5 Å². The van der Waals surface area contributed by atoms with Gasteiger partial charge in [-0.05, 0) is 105 Å². The van der Waals surface area contributed by atoms with Crippen molar-refractivity contribution in [3.05, 3.63) is 277 Å². The topological polar surface area (TPSA) is 54.8 Å². The van der Waals surface area contributed by atoms with Gasteiger partial charge in [0, 0.05) is 64.6 Å². The molecule has 5 aliphatic carbocycles. The van der Waals surface area contributed by atoms with Gasteiger partial charge in [-0.3, -0.25) is 4.98 Å². The molecule has 330 valence electrons. The largest absolute Gasteiger partial charge is 0.377 e. The number of pyridine rings is 1. The van der Waals surface area contributed by atoms with E-state index in [1.54, 1.807) is 0 Å². The molecule has 2 aromatic heterocycles. The molecule has 14 rings (SSSR count). The second kappa shape index (κ2) is 16.5. The van der Waals surface area contributed by atoms with Gasteiger partial charge in [-0.1, -0.05) is 194 Å². The van der Waals surface area contributed by atoms with Gasteiger partial charge in [0.05, 0.1) is 0 Å². The Morgan fingerprint density at radius 1 is 0.435 bits per heavy atom. The molecule has 8 aromatic rings. The second-order valence-electron chi connectivity index (χ2n) is 19.1. The molecule has 6 atom stereocenters. The van der Waals surface area contributed by atoms with Crippen LogP contribution in [-0.2, 0) is 10.8 Å². The number of aromatic nitrogens is 4. The molecule has 1 saturated carbocycles. The van der Waals surface area contributed by atoms with Crippen LogP contribution >= 0.6 is 0 Å². The zero-order valence-corrected chi connectivity index (χ0v) is 38.3. The Bertz CT molecular complexity index is 3400. The van der Waals surface area contributed by atoms with Gasteiger partial charge in [-0.15, -0.1) is 0 Å². The van der Waals surface area contributed by atoms with Crippen LogP contribution in [0.3, 0.4) is 0 Å². The molecule has 0 amide bonds. The highest BCUT2D eigenvalue weighted by Crippen LogP contribution is 2.72. The van der Waals surface area contributed by atoms with Crippen molar-refractivity contribution in [3.8, 4) is 45.3 Å². The van der Waals surface area contributed by atoms with Gasteiger partial charge >= 0.3 is 0 Å². The monoisotopic (exact) mass is 887 g/mol. The highest BCUT2D eigenvalue weighted by atomic mass is 15.1. The summed E-state index contributed by atoms with van der Waals surface area (Å²) in [4.78, 5) is 22.6.